The zero-order valence-electron chi connectivity index (χ0n) is 15.6. The number of benzene rings is 2. The van der Waals surface area contributed by atoms with Crippen LogP contribution in [0.1, 0.15) is 22.3 Å². The molecule has 5 heteroatoms. The van der Waals surface area contributed by atoms with Gasteiger partial charge < -0.3 is 15.0 Å². The first-order chi connectivity index (χ1) is 13.3. The first-order valence-corrected chi connectivity index (χ1v) is 9.80. The van der Waals surface area contributed by atoms with Crippen molar-refractivity contribution in [2.75, 3.05) is 39.3 Å². The zero-order valence-corrected chi connectivity index (χ0v) is 15.6. The normalized spacial score (nSPS) is 20.6. The second-order valence-corrected chi connectivity index (χ2v) is 7.28. The van der Waals surface area contributed by atoms with Crippen LogP contribution in [-0.4, -0.2) is 61.0 Å². The van der Waals surface area contributed by atoms with Crippen molar-refractivity contribution in [3.8, 4) is 5.75 Å². The lowest BCUT2D eigenvalue weighted by Gasteiger charge is -2.32. The highest BCUT2D eigenvalue weighted by molar-refractivity contribution is 5.94. The summed E-state index contributed by atoms with van der Waals surface area (Å²) in [7, 11) is 0. The van der Waals surface area contributed by atoms with Crippen molar-refractivity contribution >= 4 is 5.91 Å². The standard InChI is InChI=1S/C22H27N3O2/c26-22(25-13-10-20(16-25)24-14-11-23-12-15-24)19-6-8-21(9-7-19)27-17-18-4-2-1-3-5-18/h1-9,20,23H,10-17H2. The Morgan fingerprint density at radius 1 is 1.00 bits per heavy atom. The van der Waals surface area contributed by atoms with Crippen molar-refractivity contribution in [1.29, 1.82) is 0 Å². The largest absolute Gasteiger partial charge is 0.489 e. The van der Waals surface area contributed by atoms with E-state index in [9.17, 15) is 4.79 Å². The smallest absolute Gasteiger partial charge is 0.253 e. The van der Waals surface area contributed by atoms with Gasteiger partial charge in [0.25, 0.3) is 5.91 Å². The van der Waals surface area contributed by atoms with Gasteiger partial charge in [0, 0.05) is 50.9 Å². The third-order valence-electron chi connectivity index (χ3n) is 5.47. The van der Waals surface area contributed by atoms with E-state index in [-0.39, 0.29) is 5.91 Å². The average molecular weight is 365 g/mol. The van der Waals surface area contributed by atoms with Crippen LogP contribution in [0, 0.1) is 0 Å². The first kappa shape index (κ1) is 18.0. The van der Waals surface area contributed by atoms with Gasteiger partial charge in [0.05, 0.1) is 0 Å². The molecule has 4 rings (SSSR count). The summed E-state index contributed by atoms with van der Waals surface area (Å²) < 4.78 is 5.81. The molecule has 1 unspecified atom stereocenters. The molecular formula is C22H27N3O2. The zero-order chi connectivity index (χ0) is 18.5. The molecule has 0 spiro atoms. The van der Waals surface area contributed by atoms with E-state index in [2.05, 4.69) is 10.2 Å². The SMILES string of the molecule is O=C(c1ccc(OCc2ccccc2)cc1)N1CCC(N2CCNCC2)C1. The van der Waals surface area contributed by atoms with Crippen molar-refractivity contribution in [3.05, 3.63) is 65.7 Å². The lowest BCUT2D eigenvalue weighted by molar-refractivity contribution is 0.0773. The van der Waals surface area contributed by atoms with Crippen molar-refractivity contribution < 1.29 is 9.53 Å². The summed E-state index contributed by atoms with van der Waals surface area (Å²) in [5.41, 5.74) is 1.87. The number of hydrogen-bond acceptors (Lipinski definition) is 4. The summed E-state index contributed by atoms with van der Waals surface area (Å²) in [5.74, 6) is 0.915. The second-order valence-electron chi connectivity index (χ2n) is 7.28. The molecule has 0 saturated carbocycles. The molecule has 2 aliphatic rings. The molecular weight excluding hydrogens is 338 g/mol. The number of likely N-dealkylation sites (tertiary alicyclic amines) is 1. The quantitative estimate of drug-likeness (QED) is 0.884. The number of rotatable bonds is 5. The van der Waals surface area contributed by atoms with Crippen molar-refractivity contribution in [2.45, 2.75) is 19.1 Å². The Bertz CT molecular complexity index is 742. The highest BCUT2D eigenvalue weighted by atomic mass is 16.5. The molecule has 2 saturated heterocycles. The monoisotopic (exact) mass is 365 g/mol. The third-order valence-corrected chi connectivity index (χ3v) is 5.47. The van der Waals surface area contributed by atoms with E-state index in [4.69, 9.17) is 4.74 Å². The fourth-order valence-corrected chi connectivity index (χ4v) is 3.89. The van der Waals surface area contributed by atoms with Crippen LogP contribution in [0.15, 0.2) is 54.6 Å². The number of nitrogens with one attached hydrogen (secondary N) is 1. The average Bonchev–Trinajstić information content (AvgIpc) is 3.24. The predicted molar refractivity (Wildman–Crippen MR) is 106 cm³/mol. The summed E-state index contributed by atoms with van der Waals surface area (Å²) in [6.07, 6.45) is 1.07. The molecule has 0 aliphatic carbocycles. The summed E-state index contributed by atoms with van der Waals surface area (Å²) in [5, 5.41) is 3.39. The number of carbonyl (C=O) groups excluding carboxylic acids is 1. The Labute approximate surface area is 160 Å². The van der Waals surface area contributed by atoms with Crippen molar-refractivity contribution in [1.82, 2.24) is 15.1 Å². The Kier molecular flexibility index (Phi) is 5.70. The number of piperazine rings is 1. The van der Waals surface area contributed by atoms with Crippen LogP contribution in [0.2, 0.25) is 0 Å². The van der Waals surface area contributed by atoms with E-state index in [1.807, 2.05) is 59.5 Å². The van der Waals surface area contributed by atoms with Gasteiger partial charge in [-0.3, -0.25) is 9.69 Å². The lowest BCUT2D eigenvalue weighted by atomic mass is 10.2. The minimum absolute atomic E-state index is 0.127. The maximum atomic E-state index is 12.8. The van der Waals surface area contributed by atoms with Crippen LogP contribution in [0.25, 0.3) is 0 Å². The topological polar surface area (TPSA) is 44.8 Å². The van der Waals surface area contributed by atoms with E-state index in [0.29, 0.717) is 12.6 Å². The molecule has 2 aliphatic heterocycles. The molecule has 2 aromatic carbocycles. The van der Waals surface area contributed by atoms with Crippen molar-refractivity contribution in [2.24, 2.45) is 0 Å². The fourth-order valence-electron chi connectivity index (χ4n) is 3.89. The number of nitrogens with zero attached hydrogens (tertiary/aromatic N) is 2. The van der Waals surface area contributed by atoms with Gasteiger partial charge >= 0.3 is 0 Å². The minimum atomic E-state index is 0.127. The van der Waals surface area contributed by atoms with Crippen LogP contribution in [0.4, 0.5) is 0 Å². The van der Waals surface area contributed by atoms with Gasteiger partial charge in [-0.25, -0.2) is 0 Å². The minimum Gasteiger partial charge on any atom is -0.489 e. The molecule has 2 fully saturated rings. The Hall–Kier alpha value is -2.37. The van der Waals surface area contributed by atoms with E-state index in [1.165, 1.54) is 0 Å². The molecule has 0 bridgehead atoms. The summed E-state index contributed by atoms with van der Waals surface area (Å²) in [6, 6.07) is 18.1. The number of ether oxygens (including phenoxy) is 1. The molecule has 5 nitrogen and oxygen atoms in total. The molecule has 2 aromatic rings. The van der Waals surface area contributed by atoms with Gasteiger partial charge in [-0.05, 0) is 36.2 Å². The molecule has 0 radical (unpaired) electrons. The maximum Gasteiger partial charge on any atom is 0.253 e. The highest BCUT2D eigenvalue weighted by Crippen LogP contribution is 2.20. The van der Waals surface area contributed by atoms with Crippen LogP contribution >= 0.6 is 0 Å². The van der Waals surface area contributed by atoms with Gasteiger partial charge in [-0.15, -0.1) is 0 Å². The van der Waals surface area contributed by atoms with Crippen LogP contribution in [-0.2, 0) is 6.61 Å². The van der Waals surface area contributed by atoms with Gasteiger partial charge in [-0.1, -0.05) is 30.3 Å². The lowest BCUT2D eigenvalue weighted by Crippen LogP contribution is -2.49. The van der Waals surface area contributed by atoms with Crippen LogP contribution in [0.5, 0.6) is 5.75 Å². The Morgan fingerprint density at radius 2 is 1.74 bits per heavy atom. The molecule has 1 amide bonds. The van der Waals surface area contributed by atoms with Gasteiger partial charge in [-0.2, -0.15) is 0 Å². The summed E-state index contributed by atoms with van der Waals surface area (Å²) in [4.78, 5) is 17.3. The van der Waals surface area contributed by atoms with E-state index in [0.717, 1.165) is 62.6 Å². The summed E-state index contributed by atoms with van der Waals surface area (Å²) in [6.45, 7) is 6.49. The first-order valence-electron chi connectivity index (χ1n) is 9.80. The molecule has 1 N–H and O–H groups in total. The molecule has 27 heavy (non-hydrogen) atoms. The van der Waals surface area contributed by atoms with Crippen LogP contribution in [0.3, 0.4) is 0 Å². The maximum absolute atomic E-state index is 12.8. The van der Waals surface area contributed by atoms with E-state index in [1.54, 1.807) is 0 Å². The van der Waals surface area contributed by atoms with E-state index >= 15 is 0 Å². The fraction of sp³-hybridized carbons (Fsp3) is 0.409. The molecule has 0 aromatic heterocycles. The van der Waals surface area contributed by atoms with Crippen LogP contribution < -0.4 is 10.1 Å². The number of amides is 1. The number of hydrogen-bond donors (Lipinski definition) is 1. The molecule has 2 heterocycles. The predicted octanol–water partition coefficient (Wildman–Crippen LogP) is 2.39. The number of carbonyl (C=O) groups is 1. The second kappa shape index (κ2) is 8.55. The van der Waals surface area contributed by atoms with E-state index < -0.39 is 0 Å². The van der Waals surface area contributed by atoms with Gasteiger partial charge in [0.15, 0.2) is 0 Å². The van der Waals surface area contributed by atoms with Crippen molar-refractivity contribution in [3.63, 3.8) is 0 Å². The third kappa shape index (κ3) is 4.49. The van der Waals surface area contributed by atoms with Gasteiger partial charge in [0.2, 0.25) is 0 Å². The van der Waals surface area contributed by atoms with Gasteiger partial charge in [0.1, 0.15) is 12.4 Å². The molecule has 1 atom stereocenters. The summed E-state index contributed by atoms with van der Waals surface area (Å²) >= 11 is 0. The Balaban J connectivity index is 1.31. The Morgan fingerprint density at radius 3 is 2.48 bits per heavy atom. The molecule has 142 valence electrons. The highest BCUT2D eigenvalue weighted by Gasteiger charge is 2.31.